The Balaban J connectivity index is 1.54. The molecule has 3 aliphatic rings. The molecule has 2 aromatic rings. The van der Waals surface area contributed by atoms with E-state index in [9.17, 15) is 4.79 Å². The average Bonchev–Trinajstić information content (AvgIpc) is 3.28. The van der Waals surface area contributed by atoms with Gasteiger partial charge in [-0.3, -0.25) is 4.79 Å². The van der Waals surface area contributed by atoms with Gasteiger partial charge in [-0.15, -0.1) is 0 Å². The van der Waals surface area contributed by atoms with E-state index >= 15 is 0 Å². The number of nitrogens with two attached hydrogens (primary N) is 1. The lowest BCUT2D eigenvalue weighted by atomic mass is 9.83. The zero-order valence-corrected chi connectivity index (χ0v) is 13.6. The van der Waals surface area contributed by atoms with Crippen LogP contribution in [0.15, 0.2) is 48.5 Å². The number of hydrogen-bond acceptors (Lipinski definition) is 2. The second kappa shape index (κ2) is 5.18. The van der Waals surface area contributed by atoms with Crippen LogP contribution in [0.3, 0.4) is 0 Å². The fraction of sp³-hybridized carbons (Fsp3) is 0.381. The molecule has 3 heteroatoms. The van der Waals surface area contributed by atoms with Crippen molar-refractivity contribution in [2.45, 2.75) is 31.3 Å². The Bertz CT molecular complexity index is 769. The van der Waals surface area contributed by atoms with Crippen LogP contribution in [0.25, 0.3) is 11.1 Å². The molecule has 0 aromatic heterocycles. The molecule has 0 radical (unpaired) electrons. The lowest BCUT2D eigenvalue weighted by Crippen LogP contribution is -2.47. The maximum Gasteiger partial charge on any atom is 0.222 e. The molecule has 2 saturated carbocycles. The maximum atomic E-state index is 12.0. The van der Waals surface area contributed by atoms with Crippen molar-refractivity contribution in [1.29, 1.82) is 0 Å². The summed E-state index contributed by atoms with van der Waals surface area (Å²) in [5, 5.41) is 3.85. The van der Waals surface area contributed by atoms with Crippen molar-refractivity contribution >= 4 is 5.91 Å². The summed E-state index contributed by atoms with van der Waals surface area (Å²) >= 11 is 0. The van der Waals surface area contributed by atoms with E-state index < -0.39 is 0 Å². The van der Waals surface area contributed by atoms with Crippen molar-refractivity contribution in [2.75, 3.05) is 0 Å². The highest BCUT2D eigenvalue weighted by molar-refractivity contribution is 5.80. The summed E-state index contributed by atoms with van der Waals surface area (Å²) in [5.74, 6) is 0.937. The monoisotopic (exact) mass is 318 g/mol. The van der Waals surface area contributed by atoms with Gasteiger partial charge in [0.15, 0.2) is 0 Å². The summed E-state index contributed by atoms with van der Waals surface area (Å²) in [6.07, 6.45) is 3.54. The summed E-state index contributed by atoms with van der Waals surface area (Å²) in [6.45, 7) is 0. The van der Waals surface area contributed by atoms with Gasteiger partial charge in [-0.05, 0) is 53.4 Å². The minimum absolute atomic E-state index is 0.0105. The van der Waals surface area contributed by atoms with Gasteiger partial charge in [0.25, 0.3) is 0 Å². The van der Waals surface area contributed by atoms with E-state index in [1.165, 1.54) is 28.7 Å². The number of benzene rings is 2. The molecular formula is C21H22N2O. The Morgan fingerprint density at radius 3 is 2.12 bits per heavy atom. The van der Waals surface area contributed by atoms with Gasteiger partial charge in [0.05, 0.1) is 12.0 Å². The lowest BCUT2D eigenvalue weighted by Gasteiger charge is -2.32. The summed E-state index contributed by atoms with van der Waals surface area (Å²) in [6, 6.07) is 17.6. The van der Waals surface area contributed by atoms with Crippen LogP contribution in [0.4, 0.5) is 0 Å². The molecule has 0 heterocycles. The molecule has 5 rings (SSSR count). The van der Waals surface area contributed by atoms with Crippen molar-refractivity contribution in [3.05, 3.63) is 59.7 Å². The predicted octanol–water partition coefficient (Wildman–Crippen LogP) is 3.25. The zero-order chi connectivity index (χ0) is 16.3. The van der Waals surface area contributed by atoms with Gasteiger partial charge in [0, 0.05) is 6.04 Å². The van der Waals surface area contributed by atoms with E-state index in [0.29, 0.717) is 11.8 Å². The van der Waals surface area contributed by atoms with Crippen LogP contribution in [0, 0.1) is 17.8 Å². The Morgan fingerprint density at radius 2 is 1.50 bits per heavy atom. The van der Waals surface area contributed by atoms with E-state index in [0.717, 1.165) is 12.8 Å². The molecule has 0 saturated heterocycles. The van der Waals surface area contributed by atoms with Gasteiger partial charge in [-0.2, -0.15) is 0 Å². The topological polar surface area (TPSA) is 55.1 Å². The normalized spacial score (nSPS) is 30.3. The Morgan fingerprint density at radius 1 is 0.917 bits per heavy atom. The highest BCUT2D eigenvalue weighted by atomic mass is 16.1. The molecule has 2 fully saturated rings. The number of primary amides is 1. The maximum absolute atomic E-state index is 12.0. The first-order valence-electron chi connectivity index (χ1n) is 8.97. The minimum atomic E-state index is -0.126. The number of rotatable bonds is 3. The quantitative estimate of drug-likeness (QED) is 0.913. The van der Waals surface area contributed by atoms with E-state index in [-0.39, 0.29) is 23.9 Å². The lowest BCUT2D eigenvalue weighted by molar-refractivity contribution is -0.124. The first kappa shape index (κ1) is 14.2. The van der Waals surface area contributed by atoms with Gasteiger partial charge in [-0.25, -0.2) is 0 Å². The summed E-state index contributed by atoms with van der Waals surface area (Å²) < 4.78 is 0. The number of carbonyl (C=O) groups excluding carboxylic acids is 1. The fourth-order valence-electron chi connectivity index (χ4n) is 5.47. The molecule has 2 aromatic carbocycles. The van der Waals surface area contributed by atoms with E-state index in [2.05, 4.69) is 53.8 Å². The molecule has 4 atom stereocenters. The summed E-state index contributed by atoms with van der Waals surface area (Å²) in [4.78, 5) is 12.0. The van der Waals surface area contributed by atoms with Crippen LogP contribution < -0.4 is 11.1 Å². The van der Waals surface area contributed by atoms with Crippen molar-refractivity contribution in [1.82, 2.24) is 5.32 Å². The van der Waals surface area contributed by atoms with Crippen LogP contribution >= 0.6 is 0 Å². The molecule has 3 aliphatic carbocycles. The summed E-state index contributed by atoms with van der Waals surface area (Å²) in [5.41, 5.74) is 11.0. The number of nitrogens with one attached hydrogen (secondary N) is 1. The molecule has 122 valence electrons. The second-order valence-corrected chi connectivity index (χ2v) is 7.56. The van der Waals surface area contributed by atoms with Crippen LogP contribution in [0.5, 0.6) is 0 Å². The van der Waals surface area contributed by atoms with Crippen molar-refractivity contribution < 1.29 is 4.79 Å². The van der Waals surface area contributed by atoms with Gasteiger partial charge >= 0.3 is 0 Å². The van der Waals surface area contributed by atoms with Gasteiger partial charge in [0.2, 0.25) is 5.91 Å². The third-order valence-electron chi connectivity index (χ3n) is 6.44. The standard InChI is InChI=1S/C21H22N2O/c22-21(24)18-12-9-10-13(11-12)19(18)23-20-16-7-3-1-5-14(16)15-6-2-4-8-17(15)20/h1-8,12-13,18-20,23H,9-11H2,(H2,22,24)/t12-,13+,18+,19-/m1/s1. The Labute approximate surface area is 142 Å². The Kier molecular flexibility index (Phi) is 3.07. The van der Waals surface area contributed by atoms with Gasteiger partial charge < -0.3 is 11.1 Å². The van der Waals surface area contributed by atoms with E-state index in [1.807, 2.05) is 0 Å². The fourth-order valence-corrected chi connectivity index (χ4v) is 5.47. The highest BCUT2D eigenvalue weighted by Gasteiger charge is 2.51. The van der Waals surface area contributed by atoms with Crippen molar-refractivity contribution in [3.8, 4) is 11.1 Å². The molecule has 24 heavy (non-hydrogen) atoms. The largest absolute Gasteiger partial charge is 0.369 e. The van der Waals surface area contributed by atoms with Crippen molar-refractivity contribution in [2.24, 2.45) is 23.5 Å². The van der Waals surface area contributed by atoms with E-state index in [4.69, 9.17) is 5.73 Å². The number of carbonyl (C=O) groups is 1. The van der Waals surface area contributed by atoms with Crippen LogP contribution in [0.1, 0.15) is 36.4 Å². The van der Waals surface area contributed by atoms with Crippen LogP contribution in [0.2, 0.25) is 0 Å². The molecule has 0 spiro atoms. The number of fused-ring (bicyclic) bond motifs is 5. The second-order valence-electron chi connectivity index (χ2n) is 7.56. The van der Waals surface area contributed by atoms with E-state index in [1.54, 1.807) is 0 Å². The predicted molar refractivity (Wildman–Crippen MR) is 94.2 cm³/mol. The molecule has 3 N–H and O–H groups in total. The molecule has 3 nitrogen and oxygen atoms in total. The Hall–Kier alpha value is -2.13. The molecule has 0 unspecified atom stereocenters. The third-order valence-corrected chi connectivity index (χ3v) is 6.44. The van der Waals surface area contributed by atoms with Gasteiger partial charge in [0.1, 0.15) is 0 Å². The van der Waals surface area contributed by atoms with Crippen molar-refractivity contribution in [3.63, 3.8) is 0 Å². The minimum Gasteiger partial charge on any atom is -0.369 e. The van der Waals surface area contributed by atoms with Crippen LogP contribution in [-0.2, 0) is 4.79 Å². The number of amides is 1. The first-order chi connectivity index (χ1) is 11.7. The zero-order valence-electron chi connectivity index (χ0n) is 13.6. The molecule has 1 amide bonds. The molecule has 2 bridgehead atoms. The molecule has 0 aliphatic heterocycles. The summed E-state index contributed by atoms with van der Waals surface area (Å²) in [7, 11) is 0. The average molecular weight is 318 g/mol. The highest BCUT2D eigenvalue weighted by Crippen LogP contribution is 2.51. The third kappa shape index (κ3) is 1.91. The smallest absolute Gasteiger partial charge is 0.222 e. The first-order valence-corrected chi connectivity index (χ1v) is 8.97. The SMILES string of the molecule is NC(=O)[C@H]1[C@@H]2CC[C@@H](C2)[C@H]1NC1c2ccccc2-c2ccccc21. The van der Waals surface area contributed by atoms with Gasteiger partial charge in [-0.1, -0.05) is 48.5 Å². The number of hydrogen-bond donors (Lipinski definition) is 2. The molecular weight excluding hydrogens is 296 g/mol. The van der Waals surface area contributed by atoms with Crippen LogP contribution in [-0.4, -0.2) is 11.9 Å².